The lowest BCUT2D eigenvalue weighted by Crippen LogP contribution is -2.11. The molecule has 0 atom stereocenters. The van der Waals surface area contributed by atoms with E-state index >= 15 is 0 Å². The van der Waals surface area contributed by atoms with Gasteiger partial charge in [0.05, 0.1) is 5.56 Å². The number of phenolic OH excluding ortho intramolecular Hbond substituents is 1. The summed E-state index contributed by atoms with van der Waals surface area (Å²) in [6.45, 7) is 0. The van der Waals surface area contributed by atoms with Crippen LogP contribution in [-0.2, 0) is 23.8 Å². The zero-order valence-electron chi connectivity index (χ0n) is 11.3. The Morgan fingerprint density at radius 2 is 1.50 bits per heavy atom. The zero-order chi connectivity index (χ0) is 16.3. The second-order valence-corrected chi connectivity index (χ2v) is 4.87. The molecule has 0 saturated carbocycles. The molecule has 1 N–H and O–H groups in total. The van der Waals surface area contributed by atoms with Crippen LogP contribution in [0.15, 0.2) is 42.5 Å². The van der Waals surface area contributed by atoms with Crippen molar-refractivity contribution in [3.8, 4) is 5.75 Å². The van der Waals surface area contributed by atoms with Crippen molar-refractivity contribution in [2.45, 2.75) is 19.0 Å². The molecule has 0 spiro atoms. The first kappa shape index (κ1) is 16.0. The van der Waals surface area contributed by atoms with E-state index in [2.05, 4.69) is 0 Å². The number of carbonyl (C=O) groups excluding carboxylic acids is 1. The van der Waals surface area contributed by atoms with E-state index in [0.29, 0.717) is 17.7 Å². The maximum Gasteiger partial charge on any atom is 0.419 e. The molecule has 0 unspecified atom stereocenters. The van der Waals surface area contributed by atoms with Crippen molar-refractivity contribution in [3.05, 3.63) is 65.0 Å². The minimum atomic E-state index is -4.79. The number of hydrogen-bond donors (Lipinski definition) is 1. The molecule has 0 amide bonds. The summed E-state index contributed by atoms with van der Waals surface area (Å²) in [5, 5.41) is 9.13. The minimum absolute atomic E-state index is 0.0268. The van der Waals surface area contributed by atoms with Gasteiger partial charge in [-0.05, 0) is 35.4 Å². The Bertz CT molecular complexity index is 676. The van der Waals surface area contributed by atoms with Gasteiger partial charge in [0.25, 0.3) is 0 Å². The van der Waals surface area contributed by atoms with Crippen LogP contribution >= 0.6 is 0 Å². The number of Topliss-reactive ketones (excluding diaryl/α,β-unsaturated/α-hetero) is 1. The molecule has 22 heavy (non-hydrogen) atoms. The largest absolute Gasteiger partial charge is 0.508 e. The van der Waals surface area contributed by atoms with Gasteiger partial charge in [-0.3, -0.25) is 4.79 Å². The topological polar surface area (TPSA) is 37.3 Å². The quantitative estimate of drug-likeness (QED) is 0.869. The number of rotatable bonds is 4. The molecule has 0 fully saturated rings. The lowest BCUT2D eigenvalue weighted by atomic mass is 10.0. The van der Waals surface area contributed by atoms with Crippen molar-refractivity contribution in [3.63, 3.8) is 0 Å². The van der Waals surface area contributed by atoms with Gasteiger partial charge < -0.3 is 5.11 Å². The van der Waals surface area contributed by atoms with Crippen LogP contribution in [0.3, 0.4) is 0 Å². The molecule has 116 valence electrons. The molecule has 6 heteroatoms. The molecule has 0 aromatic heterocycles. The summed E-state index contributed by atoms with van der Waals surface area (Å²) < 4.78 is 51.0. The van der Waals surface area contributed by atoms with E-state index in [1.54, 1.807) is 12.1 Å². The molecule has 2 nitrogen and oxygen atoms in total. The second kappa shape index (κ2) is 6.17. The summed E-state index contributed by atoms with van der Waals surface area (Å²) >= 11 is 0. The van der Waals surface area contributed by atoms with Crippen LogP contribution in [0.1, 0.15) is 16.7 Å². The fourth-order valence-corrected chi connectivity index (χ4v) is 2.03. The predicted octanol–water partition coefficient (Wildman–Crippen LogP) is 3.90. The van der Waals surface area contributed by atoms with E-state index in [-0.39, 0.29) is 29.9 Å². The highest BCUT2D eigenvalue weighted by Gasteiger charge is 2.34. The number of alkyl halides is 3. The molecule has 2 aromatic carbocycles. The average Bonchev–Trinajstić information content (AvgIpc) is 2.42. The van der Waals surface area contributed by atoms with E-state index in [1.165, 1.54) is 18.2 Å². The summed E-state index contributed by atoms with van der Waals surface area (Å²) in [7, 11) is 0. The molecule has 0 saturated heterocycles. The third-order valence-corrected chi connectivity index (χ3v) is 3.08. The van der Waals surface area contributed by atoms with Gasteiger partial charge in [0.15, 0.2) is 0 Å². The molecule has 0 aliphatic carbocycles. The van der Waals surface area contributed by atoms with Crippen molar-refractivity contribution < 1.29 is 27.5 Å². The smallest absolute Gasteiger partial charge is 0.419 e. The SMILES string of the molecule is O=C(Cc1ccc(O)cc1)Cc1ccc(F)c(C(F)(F)F)c1. The number of benzene rings is 2. The number of carbonyl (C=O) groups is 1. The summed E-state index contributed by atoms with van der Waals surface area (Å²) in [5.41, 5.74) is -0.624. The van der Waals surface area contributed by atoms with Gasteiger partial charge in [0.2, 0.25) is 0 Å². The van der Waals surface area contributed by atoms with Gasteiger partial charge in [0.1, 0.15) is 17.3 Å². The maximum absolute atomic E-state index is 13.2. The summed E-state index contributed by atoms with van der Waals surface area (Å²) in [6.07, 6.45) is -4.98. The molecule has 0 heterocycles. The minimum Gasteiger partial charge on any atom is -0.508 e. The van der Waals surface area contributed by atoms with Crippen LogP contribution in [0.5, 0.6) is 5.75 Å². The van der Waals surface area contributed by atoms with Gasteiger partial charge in [-0.15, -0.1) is 0 Å². The Hall–Kier alpha value is -2.37. The standard InChI is InChI=1S/C16H12F4O2/c17-15-6-3-11(9-14(15)16(18,19)20)8-13(22)7-10-1-4-12(21)5-2-10/h1-6,9,21H,7-8H2. The lowest BCUT2D eigenvalue weighted by molar-refractivity contribution is -0.140. The van der Waals surface area contributed by atoms with Gasteiger partial charge in [0, 0.05) is 12.8 Å². The Kier molecular flexibility index (Phi) is 4.49. The summed E-state index contributed by atoms with van der Waals surface area (Å²) in [6, 6.07) is 8.48. The van der Waals surface area contributed by atoms with E-state index in [0.717, 1.165) is 0 Å². The first-order valence-corrected chi connectivity index (χ1v) is 6.41. The molecule has 0 aliphatic rings. The predicted molar refractivity (Wildman–Crippen MR) is 71.9 cm³/mol. The first-order chi connectivity index (χ1) is 10.3. The molecule has 0 radical (unpaired) electrons. The van der Waals surface area contributed by atoms with E-state index in [9.17, 15) is 22.4 Å². The highest BCUT2D eigenvalue weighted by molar-refractivity contribution is 5.83. The van der Waals surface area contributed by atoms with E-state index in [4.69, 9.17) is 5.11 Å². The third kappa shape index (κ3) is 4.07. The highest BCUT2D eigenvalue weighted by atomic mass is 19.4. The lowest BCUT2D eigenvalue weighted by Gasteiger charge is -2.10. The molecular formula is C16H12F4O2. The van der Waals surface area contributed by atoms with Crippen LogP contribution in [0.4, 0.5) is 17.6 Å². The van der Waals surface area contributed by atoms with Crippen LogP contribution in [0.2, 0.25) is 0 Å². The van der Waals surface area contributed by atoms with Crippen molar-refractivity contribution in [2.24, 2.45) is 0 Å². The van der Waals surface area contributed by atoms with Gasteiger partial charge in [-0.1, -0.05) is 18.2 Å². The van der Waals surface area contributed by atoms with Gasteiger partial charge >= 0.3 is 6.18 Å². The molecular weight excluding hydrogens is 300 g/mol. The molecule has 0 bridgehead atoms. The number of ketones is 1. The first-order valence-electron chi connectivity index (χ1n) is 6.41. The van der Waals surface area contributed by atoms with E-state index in [1.807, 2.05) is 0 Å². The van der Waals surface area contributed by atoms with Crippen molar-refractivity contribution in [1.29, 1.82) is 0 Å². The number of hydrogen-bond acceptors (Lipinski definition) is 2. The maximum atomic E-state index is 13.2. The van der Waals surface area contributed by atoms with Crippen molar-refractivity contribution in [1.82, 2.24) is 0 Å². The van der Waals surface area contributed by atoms with Gasteiger partial charge in [-0.2, -0.15) is 13.2 Å². The number of aromatic hydroxyl groups is 1. The van der Waals surface area contributed by atoms with Crippen LogP contribution in [-0.4, -0.2) is 10.9 Å². The molecule has 2 rings (SSSR count). The number of phenols is 1. The van der Waals surface area contributed by atoms with Crippen LogP contribution in [0.25, 0.3) is 0 Å². The summed E-state index contributed by atoms with van der Waals surface area (Å²) in [5.74, 6) is -1.60. The monoisotopic (exact) mass is 312 g/mol. The highest BCUT2D eigenvalue weighted by Crippen LogP contribution is 2.32. The number of halogens is 4. The summed E-state index contributed by atoms with van der Waals surface area (Å²) in [4.78, 5) is 11.9. The average molecular weight is 312 g/mol. The Morgan fingerprint density at radius 3 is 2.09 bits per heavy atom. The fraction of sp³-hybridized carbons (Fsp3) is 0.188. The Balaban J connectivity index is 2.10. The van der Waals surface area contributed by atoms with E-state index < -0.39 is 17.6 Å². The van der Waals surface area contributed by atoms with Crippen LogP contribution in [0, 0.1) is 5.82 Å². The van der Waals surface area contributed by atoms with Crippen molar-refractivity contribution in [2.75, 3.05) is 0 Å². The fourth-order valence-electron chi connectivity index (χ4n) is 2.03. The molecule has 0 aliphatic heterocycles. The van der Waals surface area contributed by atoms with Crippen LogP contribution < -0.4 is 0 Å². The normalized spacial score (nSPS) is 11.5. The second-order valence-electron chi connectivity index (χ2n) is 4.87. The van der Waals surface area contributed by atoms with Gasteiger partial charge in [-0.25, -0.2) is 4.39 Å². The molecule has 2 aromatic rings. The Labute approximate surface area is 124 Å². The Morgan fingerprint density at radius 1 is 0.955 bits per heavy atom. The zero-order valence-corrected chi connectivity index (χ0v) is 11.3. The third-order valence-electron chi connectivity index (χ3n) is 3.08. The van der Waals surface area contributed by atoms with Crippen molar-refractivity contribution >= 4 is 5.78 Å².